The van der Waals surface area contributed by atoms with Crippen LogP contribution in [0.4, 0.5) is 0 Å². The van der Waals surface area contributed by atoms with Crippen LogP contribution in [-0.2, 0) is 50.1 Å². The molecule has 0 aliphatic carbocycles. The normalized spacial score (nSPS) is 22.0. The van der Waals surface area contributed by atoms with Crippen molar-refractivity contribution >= 4 is 0 Å². The predicted octanol–water partition coefficient (Wildman–Crippen LogP) is 7.30. The van der Waals surface area contributed by atoms with Gasteiger partial charge in [-0.3, -0.25) is 0 Å². The van der Waals surface area contributed by atoms with Crippen LogP contribution in [0.2, 0.25) is 0 Å². The minimum absolute atomic E-state index is 0.270. The largest absolute Gasteiger partial charge is 0.374 e. The van der Waals surface area contributed by atoms with Crippen LogP contribution >= 0.6 is 0 Å². The van der Waals surface area contributed by atoms with Crippen LogP contribution in [0.3, 0.4) is 0 Å². The molecular formula is C37H40O5. The SMILES string of the molecule is C=CC[C@@H]1O[C@H](COCc2ccccc2)[C@H](OCc2ccccc2)[C@H](OCc2ccccc2)[C@H]1OCc1ccccc1. The van der Waals surface area contributed by atoms with Gasteiger partial charge in [-0.15, -0.1) is 6.58 Å². The summed E-state index contributed by atoms with van der Waals surface area (Å²) in [6.45, 7) is 6.15. The molecule has 0 unspecified atom stereocenters. The molecule has 5 rings (SSSR count). The predicted molar refractivity (Wildman–Crippen MR) is 165 cm³/mol. The van der Waals surface area contributed by atoms with Crippen LogP contribution in [0.25, 0.3) is 0 Å². The Morgan fingerprint density at radius 1 is 0.500 bits per heavy atom. The molecule has 0 spiro atoms. The van der Waals surface area contributed by atoms with Crippen molar-refractivity contribution in [1.29, 1.82) is 0 Å². The zero-order valence-corrected chi connectivity index (χ0v) is 24.0. The summed E-state index contributed by atoms with van der Waals surface area (Å²) in [5.41, 5.74) is 4.37. The summed E-state index contributed by atoms with van der Waals surface area (Å²) in [6.07, 6.45) is 0.663. The van der Waals surface area contributed by atoms with E-state index in [2.05, 4.69) is 55.1 Å². The Morgan fingerprint density at radius 3 is 1.31 bits per heavy atom. The molecule has 0 aromatic heterocycles. The molecule has 1 aliphatic rings. The summed E-state index contributed by atoms with van der Waals surface area (Å²) >= 11 is 0. The second-order valence-electron chi connectivity index (χ2n) is 10.5. The first kappa shape index (κ1) is 29.9. The molecule has 42 heavy (non-hydrogen) atoms. The van der Waals surface area contributed by atoms with E-state index in [1.165, 1.54) is 0 Å². The summed E-state index contributed by atoms with van der Waals surface area (Å²) in [6, 6.07) is 40.7. The van der Waals surface area contributed by atoms with Gasteiger partial charge in [-0.1, -0.05) is 127 Å². The van der Waals surface area contributed by atoms with Gasteiger partial charge in [-0.05, 0) is 28.7 Å². The monoisotopic (exact) mass is 564 g/mol. The zero-order valence-electron chi connectivity index (χ0n) is 24.0. The maximum Gasteiger partial charge on any atom is 0.115 e. The molecule has 1 fully saturated rings. The highest BCUT2D eigenvalue weighted by Crippen LogP contribution is 2.32. The molecule has 0 bridgehead atoms. The molecule has 5 heteroatoms. The smallest absolute Gasteiger partial charge is 0.115 e. The van der Waals surface area contributed by atoms with E-state index in [0.717, 1.165) is 22.3 Å². The van der Waals surface area contributed by atoms with E-state index >= 15 is 0 Å². The third-order valence-corrected chi connectivity index (χ3v) is 7.38. The summed E-state index contributed by atoms with van der Waals surface area (Å²) in [5, 5.41) is 0. The lowest BCUT2D eigenvalue weighted by atomic mass is 9.92. The van der Waals surface area contributed by atoms with E-state index in [4.69, 9.17) is 23.7 Å². The number of hydrogen-bond donors (Lipinski definition) is 0. The average Bonchev–Trinajstić information content (AvgIpc) is 3.05. The van der Waals surface area contributed by atoms with E-state index < -0.39 is 12.2 Å². The van der Waals surface area contributed by atoms with Crippen molar-refractivity contribution in [3.05, 3.63) is 156 Å². The van der Waals surface area contributed by atoms with Crippen molar-refractivity contribution in [3.8, 4) is 0 Å². The Morgan fingerprint density at radius 2 is 0.881 bits per heavy atom. The van der Waals surface area contributed by atoms with Gasteiger partial charge in [0.25, 0.3) is 0 Å². The van der Waals surface area contributed by atoms with Gasteiger partial charge in [-0.25, -0.2) is 0 Å². The van der Waals surface area contributed by atoms with Crippen LogP contribution in [0, 0.1) is 0 Å². The van der Waals surface area contributed by atoms with E-state index in [9.17, 15) is 0 Å². The molecule has 0 N–H and O–H groups in total. The maximum atomic E-state index is 6.72. The van der Waals surface area contributed by atoms with Gasteiger partial charge in [0.1, 0.15) is 24.4 Å². The minimum atomic E-state index is -0.425. The average molecular weight is 565 g/mol. The van der Waals surface area contributed by atoms with Crippen molar-refractivity contribution in [2.45, 2.75) is 63.4 Å². The number of rotatable bonds is 15. The fraction of sp³-hybridized carbons (Fsp3) is 0.297. The molecule has 4 aromatic carbocycles. The Bertz CT molecular complexity index is 1300. The van der Waals surface area contributed by atoms with Gasteiger partial charge in [0.15, 0.2) is 0 Å². The van der Waals surface area contributed by atoms with Crippen molar-refractivity contribution in [1.82, 2.24) is 0 Å². The van der Waals surface area contributed by atoms with Crippen LogP contribution in [0.1, 0.15) is 28.7 Å². The van der Waals surface area contributed by atoms with E-state index in [0.29, 0.717) is 39.5 Å². The fourth-order valence-corrected chi connectivity index (χ4v) is 5.24. The molecule has 0 amide bonds. The standard InChI is InChI=1S/C37H40O5/c1-2-15-33-35(39-25-30-18-9-4-10-19-30)37(41-27-32-22-13-6-14-23-32)36(40-26-31-20-11-5-12-21-31)34(42-33)28-38-24-29-16-7-3-8-17-29/h2-14,16-23,33-37H,1,15,24-28H2/t33-,34+,35-,36-,37+/m0/s1. The molecule has 4 aromatic rings. The Hall–Kier alpha value is -3.58. The summed E-state index contributed by atoms with van der Waals surface area (Å²) in [7, 11) is 0. The van der Waals surface area contributed by atoms with Gasteiger partial charge >= 0.3 is 0 Å². The third-order valence-electron chi connectivity index (χ3n) is 7.38. The number of ether oxygens (including phenoxy) is 5. The molecule has 5 atom stereocenters. The second-order valence-corrected chi connectivity index (χ2v) is 10.5. The van der Waals surface area contributed by atoms with Crippen LogP contribution in [0.15, 0.2) is 134 Å². The Balaban J connectivity index is 1.40. The molecule has 218 valence electrons. The molecule has 1 aliphatic heterocycles. The van der Waals surface area contributed by atoms with Gasteiger partial charge in [-0.2, -0.15) is 0 Å². The van der Waals surface area contributed by atoms with Crippen molar-refractivity contribution in [3.63, 3.8) is 0 Å². The first-order valence-electron chi connectivity index (χ1n) is 14.6. The van der Waals surface area contributed by atoms with E-state index in [1.54, 1.807) is 0 Å². The van der Waals surface area contributed by atoms with E-state index in [-0.39, 0.29) is 18.3 Å². The Kier molecular flexibility index (Phi) is 11.5. The maximum absolute atomic E-state index is 6.72. The third kappa shape index (κ3) is 8.71. The molecular weight excluding hydrogens is 524 g/mol. The zero-order chi connectivity index (χ0) is 28.8. The van der Waals surface area contributed by atoms with Crippen LogP contribution in [0.5, 0.6) is 0 Å². The number of hydrogen-bond acceptors (Lipinski definition) is 5. The molecule has 1 heterocycles. The van der Waals surface area contributed by atoms with Gasteiger partial charge in [0, 0.05) is 0 Å². The van der Waals surface area contributed by atoms with Crippen molar-refractivity contribution < 1.29 is 23.7 Å². The van der Waals surface area contributed by atoms with Crippen molar-refractivity contribution in [2.75, 3.05) is 6.61 Å². The first-order valence-corrected chi connectivity index (χ1v) is 14.6. The van der Waals surface area contributed by atoms with Gasteiger partial charge in [0.05, 0.1) is 39.1 Å². The lowest BCUT2D eigenvalue weighted by Gasteiger charge is -2.46. The minimum Gasteiger partial charge on any atom is -0.374 e. The fourth-order valence-electron chi connectivity index (χ4n) is 5.24. The summed E-state index contributed by atoms with van der Waals surface area (Å²) in [5.74, 6) is 0. The summed E-state index contributed by atoms with van der Waals surface area (Å²) < 4.78 is 32.9. The quantitative estimate of drug-likeness (QED) is 0.142. The number of benzene rings is 4. The van der Waals surface area contributed by atoms with E-state index in [1.807, 2.05) is 78.9 Å². The van der Waals surface area contributed by atoms with Crippen LogP contribution in [-0.4, -0.2) is 37.1 Å². The lowest BCUT2D eigenvalue weighted by molar-refractivity contribution is -0.271. The first-order chi connectivity index (χ1) is 20.8. The molecule has 0 saturated carbocycles. The Labute approximate surface area is 249 Å². The topological polar surface area (TPSA) is 46.2 Å². The summed E-state index contributed by atoms with van der Waals surface area (Å²) in [4.78, 5) is 0. The highest BCUT2D eigenvalue weighted by molar-refractivity contribution is 5.16. The molecule has 1 saturated heterocycles. The van der Waals surface area contributed by atoms with Crippen molar-refractivity contribution in [2.24, 2.45) is 0 Å². The van der Waals surface area contributed by atoms with Gasteiger partial charge < -0.3 is 23.7 Å². The highest BCUT2D eigenvalue weighted by atomic mass is 16.6. The second kappa shape index (κ2) is 16.2. The molecule has 5 nitrogen and oxygen atoms in total. The molecule has 0 radical (unpaired) electrons. The van der Waals surface area contributed by atoms with Crippen LogP contribution < -0.4 is 0 Å². The highest BCUT2D eigenvalue weighted by Gasteiger charge is 2.48. The lowest BCUT2D eigenvalue weighted by Crippen LogP contribution is -2.61. The van der Waals surface area contributed by atoms with Gasteiger partial charge in [0.2, 0.25) is 0 Å².